The molecule has 0 radical (unpaired) electrons. The minimum absolute atomic E-state index is 0.101. The fourth-order valence-electron chi connectivity index (χ4n) is 10.7. The standard InChI is InChI=1S/C54H42N2Si/c1-53(2)45-21-13-11-19-37(45)39-29-43-44-30-40-38-20-12-14-22-46(38)54(3,4)48(40)32-52(44)56(51(43)31-47(39)53)34-23-25-49-41(27-34)42-28-36(57-35-17-9-6-10-18-35)24-26-50(42)55(49)33-15-7-5-8-16-33/h5-32H,57H2,1-4H3. The zero-order valence-corrected chi connectivity index (χ0v) is 34.2. The highest BCUT2D eigenvalue weighted by Gasteiger charge is 2.38. The average Bonchev–Trinajstić information content (AvgIpc) is 3.88. The molecule has 0 atom stereocenters. The summed E-state index contributed by atoms with van der Waals surface area (Å²) in [6.45, 7) is 9.58. The van der Waals surface area contributed by atoms with Crippen LogP contribution in [0.25, 0.3) is 77.2 Å². The van der Waals surface area contributed by atoms with E-state index in [1.807, 2.05) is 0 Å². The summed E-state index contributed by atoms with van der Waals surface area (Å²) in [5, 5.41) is 8.14. The summed E-state index contributed by atoms with van der Waals surface area (Å²) in [5.41, 5.74) is 18.2. The van der Waals surface area contributed by atoms with E-state index in [9.17, 15) is 0 Å². The largest absolute Gasteiger partial charge is 0.309 e. The van der Waals surface area contributed by atoms with Crippen molar-refractivity contribution in [1.29, 1.82) is 0 Å². The summed E-state index contributed by atoms with van der Waals surface area (Å²) in [5.74, 6) is 0. The SMILES string of the molecule is CC1(C)c2ccccc2-c2cc3c4cc5c(cc4n(-c4ccc6c(c4)c4cc([SiH2]c7ccccc7)ccc4n6-c4ccccc4)c3cc21)C(C)(C)c1ccccc1-5. The maximum atomic E-state index is 2.58. The van der Waals surface area contributed by atoms with Crippen molar-refractivity contribution in [3.05, 3.63) is 192 Å². The molecule has 0 unspecified atom stereocenters. The van der Waals surface area contributed by atoms with Crippen LogP contribution in [-0.2, 0) is 10.8 Å². The van der Waals surface area contributed by atoms with Crippen LogP contribution >= 0.6 is 0 Å². The van der Waals surface area contributed by atoms with Crippen LogP contribution in [0.1, 0.15) is 49.9 Å². The molecule has 2 heterocycles. The minimum atomic E-state index is -0.641. The van der Waals surface area contributed by atoms with Gasteiger partial charge in [0.05, 0.1) is 31.6 Å². The maximum absolute atomic E-state index is 2.58. The van der Waals surface area contributed by atoms with Gasteiger partial charge in [0.25, 0.3) is 0 Å². The molecule has 0 bridgehead atoms. The van der Waals surface area contributed by atoms with Crippen LogP contribution in [0, 0.1) is 0 Å². The van der Waals surface area contributed by atoms with Gasteiger partial charge in [-0.3, -0.25) is 0 Å². The van der Waals surface area contributed by atoms with Gasteiger partial charge in [-0.2, -0.15) is 0 Å². The molecule has 57 heavy (non-hydrogen) atoms. The highest BCUT2D eigenvalue weighted by Crippen LogP contribution is 2.54. The van der Waals surface area contributed by atoms with Gasteiger partial charge in [-0.05, 0) is 105 Å². The topological polar surface area (TPSA) is 9.86 Å². The van der Waals surface area contributed by atoms with Crippen molar-refractivity contribution in [2.75, 3.05) is 0 Å². The quantitative estimate of drug-likeness (QED) is 0.159. The molecule has 2 aliphatic carbocycles. The van der Waals surface area contributed by atoms with Gasteiger partial charge in [-0.25, -0.2) is 0 Å². The summed E-state index contributed by atoms with van der Waals surface area (Å²) in [6.07, 6.45) is 0. The lowest BCUT2D eigenvalue weighted by Crippen LogP contribution is -2.26. The van der Waals surface area contributed by atoms with Crippen molar-refractivity contribution in [3.63, 3.8) is 0 Å². The number of rotatable bonds is 4. The molecule has 0 spiro atoms. The molecule has 0 amide bonds. The third-order valence-corrected chi connectivity index (χ3v) is 15.2. The Hall–Kier alpha value is -6.42. The molecular formula is C54H42N2Si. The molecule has 0 saturated heterocycles. The molecule has 2 nitrogen and oxygen atoms in total. The molecule has 2 aromatic heterocycles. The van der Waals surface area contributed by atoms with Crippen molar-refractivity contribution in [1.82, 2.24) is 9.13 Å². The van der Waals surface area contributed by atoms with Crippen molar-refractivity contribution in [3.8, 4) is 33.6 Å². The second-order valence-corrected chi connectivity index (χ2v) is 19.4. The summed E-state index contributed by atoms with van der Waals surface area (Å²) < 4.78 is 5.03. The molecule has 10 aromatic rings. The Morgan fingerprint density at radius 3 is 1.40 bits per heavy atom. The van der Waals surface area contributed by atoms with Crippen molar-refractivity contribution in [2.45, 2.75) is 38.5 Å². The zero-order valence-electron chi connectivity index (χ0n) is 32.8. The molecule has 0 fully saturated rings. The van der Waals surface area contributed by atoms with Crippen molar-refractivity contribution >= 4 is 63.5 Å². The van der Waals surface area contributed by atoms with Crippen molar-refractivity contribution < 1.29 is 0 Å². The van der Waals surface area contributed by atoms with Gasteiger partial charge >= 0.3 is 0 Å². The average molecular weight is 747 g/mol. The predicted molar refractivity (Wildman–Crippen MR) is 245 cm³/mol. The molecule has 272 valence electrons. The minimum Gasteiger partial charge on any atom is -0.309 e. The first-order chi connectivity index (χ1) is 27.8. The smallest absolute Gasteiger partial charge is 0.0875 e. The zero-order chi connectivity index (χ0) is 38.2. The van der Waals surface area contributed by atoms with E-state index in [2.05, 4.69) is 207 Å². The lowest BCUT2D eigenvalue weighted by atomic mass is 9.82. The van der Waals surface area contributed by atoms with Crippen LogP contribution in [0.3, 0.4) is 0 Å². The van der Waals surface area contributed by atoms with Gasteiger partial charge in [0.2, 0.25) is 0 Å². The number of hydrogen-bond donors (Lipinski definition) is 0. The van der Waals surface area contributed by atoms with Gasteiger partial charge in [0.1, 0.15) is 0 Å². The Bertz CT molecular complexity index is 3190. The predicted octanol–water partition coefficient (Wildman–Crippen LogP) is 11.6. The van der Waals surface area contributed by atoms with E-state index in [1.165, 1.54) is 110 Å². The molecule has 2 aliphatic rings. The molecule has 3 heteroatoms. The Morgan fingerprint density at radius 2 is 0.807 bits per heavy atom. The molecule has 0 saturated carbocycles. The number of benzene rings is 8. The third kappa shape index (κ3) is 4.52. The first-order valence-corrected chi connectivity index (χ1v) is 21.7. The van der Waals surface area contributed by atoms with E-state index < -0.39 is 9.52 Å². The monoisotopic (exact) mass is 746 g/mol. The van der Waals surface area contributed by atoms with Gasteiger partial charge in [-0.1, -0.05) is 147 Å². The second-order valence-electron chi connectivity index (χ2n) is 17.4. The summed E-state index contributed by atoms with van der Waals surface area (Å²) in [4.78, 5) is 0. The van der Waals surface area contributed by atoms with Crippen LogP contribution in [-0.4, -0.2) is 18.7 Å². The third-order valence-electron chi connectivity index (χ3n) is 13.5. The van der Waals surface area contributed by atoms with Gasteiger partial charge < -0.3 is 9.13 Å². The van der Waals surface area contributed by atoms with E-state index in [4.69, 9.17) is 0 Å². The lowest BCUT2D eigenvalue weighted by molar-refractivity contribution is 0.660. The van der Waals surface area contributed by atoms with Gasteiger partial charge in [0.15, 0.2) is 0 Å². The van der Waals surface area contributed by atoms with Crippen LogP contribution in [0.15, 0.2) is 170 Å². The highest BCUT2D eigenvalue weighted by atomic mass is 28.2. The Morgan fingerprint density at radius 1 is 0.333 bits per heavy atom. The molecule has 0 N–H and O–H groups in total. The van der Waals surface area contributed by atoms with E-state index in [0.717, 1.165) is 0 Å². The number of nitrogens with zero attached hydrogens (tertiary/aromatic N) is 2. The number of aromatic nitrogens is 2. The fourth-order valence-corrected chi connectivity index (χ4v) is 12.2. The first kappa shape index (κ1) is 32.8. The summed E-state index contributed by atoms with van der Waals surface area (Å²) in [7, 11) is -0.641. The van der Waals surface area contributed by atoms with Crippen LogP contribution in [0.5, 0.6) is 0 Å². The van der Waals surface area contributed by atoms with Gasteiger partial charge in [0, 0.05) is 43.7 Å². The Labute approximate surface area is 335 Å². The number of hydrogen-bond acceptors (Lipinski definition) is 0. The molecular weight excluding hydrogens is 705 g/mol. The normalized spacial score (nSPS) is 14.9. The van der Waals surface area contributed by atoms with Crippen molar-refractivity contribution in [2.24, 2.45) is 0 Å². The maximum Gasteiger partial charge on any atom is 0.0875 e. The number of para-hydroxylation sites is 1. The molecule has 12 rings (SSSR count). The molecule has 0 aliphatic heterocycles. The Kier molecular flexibility index (Phi) is 6.65. The Balaban J connectivity index is 1.17. The number of fused-ring (bicyclic) bond motifs is 12. The fraction of sp³-hybridized carbons (Fsp3) is 0.111. The highest BCUT2D eigenvalue weighted by molar-refractivity contribution is 6.67. The second kappa shape index (κ2) is 11.6. The van der Waals surface area contributed by atoms with Gasteiger partial charge in [-0.15, -0.1) is 0 Å². The molecule has 8 aromatic carbocycles. The lowest BCUT2D eigenvalue weighted by Gasteiger charge is -2.22. The van der Waals surface area contributed by atoms with E-state index >= 15 is 0 Å². The van der Waals surface area contributed by atoms with E-state index in [0.29, 0.717) is 0 Å². The summed E-state index contributed by atoms with van der Waals surface area (Å²) >= 11 is 0. The first-order valence-electron chi connectivity index (χ1n) is 20.3. The van der Waals surface area contributed by atoms with E-state index in [-0.39, 0.29) is 10.8 Å². The van der Waals surface area contributed by atoms with Crippen LogP contribution < -0.4 is 10.4 Å². The summed E-state index contributed by atoms with van der Waals surface area (Å²) in [6, 6.07) is 64.4. The van der Waals surface area contributed by atoms with Crippen LogP contribution in [0.2, 0.25) is 0 Å². The van der Waals surface area contributed by atoms with Crippen LogP contribution in [0.4, 0.5) is 0 Å². The van der Waals surface area contributed by atoms with E-state index in [1.54, 1.807) is 0 Å².